The molecule has 0 heterocycles. The fourth-order valence-corrected chi connectivity index (χ4v) is 10.3. The Morgan fingerprint density at radius 2 is 0.750 bits per heavy atom. The standard InChI is InChI=1S/C56H42/c1-55(2)50-25-15-13-20-41(50)47-33-38(28-31-51(47)55)53-44-22-10-11-23-45(44)54(46-30-26-36(32-48(46)53)35-16-6-5-7-17-35)43-21-9-8-18-39(43)37-27-29-42-40-19-12-14-24-49(40)56(3,4)52(42)34-37/h5-34H,1-4H3. The topological polar surface area (TPSA) is 0 Å². The van der Waals surface area contributed by atoms with Crippen LogP contribution < -0.4 is 0 Å². The molecule has 0 unspecified atom stereocenters. The van der Waals surface area contributed by atoms with Crippen LogP contribution in [0.4, 0.5) is 0 Å². The second kappa shape index (κ2) is 12.0. The van der Waals surface area contributed by atoms with Crippen molar-refractivity contribution in [2.75, 3.05) is 0 Å². The number of rotatable bonds is 4. The van der Waals surface area contributed by atoms with Gasteiger partial charge in [-0.15, -0.1) is 0 Å². The van der Waals surface area contributed by atoms with E-state index in [1.165, 1.54) is 111 Å². The molecule has 0 aliphatic heterocycles. The minimum absolute atomic E-state index is 0.0435. The van der Waals surface area contributed by atoms with Gasteiger partial charge < -0.3 is 0 Å². The zero-order valence-electron chi connectivity index (χ0n) is 32.3. The molecule has 11 rings (SSSR count). The summed E-state index contributed by atoms with van der Waals surface area (Å²) in [6.07, 6.45) is 0. The molecule has 0 spiro atoms. The molecule has 2 aliphatic rings. The summed E-state index contributed by atoms with van der Waals surface area (Å²) in [6.45, 7) is 9.47. The summed E-state index contributed by atoms with van der Waals surface area (Å²) in [6, 6.07) is 68.4. The Balaban J connectivity index is 1.19. The SMILES string of the molecule is CC1(C)c2ccccc2-c2cc(-c3c4ccccc4c(-c4ccccc4-c4ccc5c(c4)C(C)(C)c4ccccc4-5)c4ccc(-c5ccccc5)cc34)ccc21. The van der Waals surface area contributed by atoms with Gasteiger partial charge in [0.1, 0.15) is 0 Å². The Morgan fingerprint density at radius 3 is 1.48 bits per heavy atom. The van der Waals surface area contributed by atoms with Crippen LogP contribution in [0.1, 0.15) is 49.9 Å². The van der Waals surface area contributed by atoms with Gasteiger partial charge >= 0.3 is 0 Å². The lowest BCUT2D eigenvalue weighted by Gasteiger charge is -2.23. The second-order valence-electron chi connectivity index (χ2n) is 16.8. The van der Waals surface area contributed by atoms with Crippen molar-refractivity contribution >= 4 is 21.5 Å². The molecule has 266 valence electrons. The summed E-state index contributed by atoms with van der Waals surface area (Å²) in [5.74, 6) is 0. The van der Waals surface area contributed by atoms with Crippen molar-refractivity contribution < 1.29 is 0 Å². The highest BCUT2D eigenvalue weighted by molar-refractivity contribution is 6.23. The van der Waals surface area contributed by atoms with E-state index in [1.54, 1.807) is 0 Å². The molecule has 9 aromatic rings. The van der Waals surface area contributed by atoms with Crippen LogP contribution in [0.3, 0.4) is 0 Å². The molecule has 0 atom stereocenters. The third-order valence-corrected chi connectivity index (χ3v) is 13.1. The molecule has 0 heteroatoms. The number of hydrogen-bond acceptors (Lipinski definition) is 0. The zero-order valence-corrected chi connectivity index (χ0v) is 32.3. The van der Waals surface area contributed by atoms with Gasteiger partial charge in [-0.1, -0.05) is 191 Å². The number of fused-ring (bicyclic) bond motifs is 8. The minimum Gasteiger partial charge on any atom is -0.0622 e. The smallest absolute Gasteiger partial charge is 0.0159 e. The van der Waals surface area contributed by atoms with Crippen molar-refractivity contribution in [2.24, 2.45) is 0 Å². The first kappa shape index (κ1) is 32.9. The van der Waals surface area contributed by atoms with Crippen molar-refractivity contribution in [3.63, 3.8) is 0 Å². The molecule has 0 fully saturated rings. The molecule has 0 saturated carbocycles. The Kier molecular flexibility index (Phi) is 7.05. The van der Waals surface area contributed by atoms with Gasteiger partial charge in [0.05, 0.1) is 0 Å². The Hall–Kier alpha value is -6.50. The van der Waals surface area contributed by atoms with Crippen LogP contribution in [-0.4, -0.2) is 0 Å². The van der Waals surface area contributed by atoms with Gasteiger partial charge in [-0.2, -0.15) is 0 Å². The van der Waals surface area contributed by atoms with Crippen molar-refractivity contribution in [3.05, 3.63) is 204 Å². The average molecular weight is 715 g/mol. The van der Waals surface area contributed by atoms with Crippen LogP contribution in [0, 0.1) is 0 Å². The van der Waals surface area contributed by atoms with Gasteiger partial charge in [0, 0.05) is 10.8 Å². The normalized spacial score (nSPS) is 14.4. The highest BCUT2D eigenvalue weighted by Crippen LogP contribution is 2.53. The Bertz CT molecular complexity index is 3060. The van der Waals surface area contributed by atoms with Gasteiger partial charge in [-0.05, 0) is 129 Å². The molecule has 0 radical (unpaired) electrons. The molecular weight excluding hydrogens is 673 g/mol. The van der Waals surface area contributed by atoms with Crippen molar-refractivity contribution in [1.82, 2.24) is 0 Å². The van der Waals surface area contributed by atoms with E-state index >= 15 is 0 Å². The first-order valence-electron chi connectivity index (χ1n) is 19.9. The number of hydrogen-bond donors (Lipinski definition) is 0. The molecule has 0 nitrogen and oxygen atoms in total. The van der Waals surface area contributed by atoms with Crippen molar-refractivity contribution in [1.29, 1.82) is 0 Å². The minimum atomic E-state index is -0.0721. The monoisotopic (exact) mass is 714 g/mol. The van der Waals surface area contributed by atoms with E-state index in [1.807, 2.05) is 0 Å². The molecule has 0 N–H and O–H groups in total. The van der Waals surface area contributed by atoms with Crippen molar-refractivity contribution in [2.45, 2.75) is 38.5 Å². The van der Waals surface area contributed by atoms with Crippen LogP contribution in [0.15, 0.2) is 182 Å². The van der Waals surface area contributed by atoms with Crippen LogP contribution in [0.5, 0.6) is 0 Å². The third kappa shape index (κ3) is 4.66. The highest BCUT2D eigenvalue weighted by Gasteiger charge is 2.37. The fourth-order valence-electron chi connectivity index (χ4n) is 10.3. The van der Waals surface area contributed by atoms with E-state index < -0.39 is 0 Å². The van der Waals surface area contributed by atoms with E-state index in [2.05, 4.69) is 210 Å². The first-order chi connectivity index (χ1) is 27.3. The van der Waals surface area contributed by atoms with E-state index in [4.69, 9.17) is 0 Å². The second-order valence-corrected chi connectivity index (χ2v) is 16.8. The van der Waals surface area contributed by atoms with Gasteiger partial charge in [0.25, 0.3) is 0 Å². The van der Waals surface area contributed by atoms with Gasteiger partial charge in [-0.3, -0.25) is 0 Å². The summed E-state index contributed by atoms with van der Waals surface area (Å²) >= 11 is 0. The molecule has 0 saturated heterocycles. The largest absolute Gasteiger partial charge is 0.0622 e. The lowest BCUT2D eigenvalue weighted by Crippen LogP contribution is -2.14. The van der Waals surface area contributed by atoms with Gasteiger partial charge in [0.2, 0.25) is 0 Å². The maximum absolute atomic E-state index is 2.47. The summed E-state index contributed by atoms with van der Waals surface area (Å²) in [7, 11) is 0. The quantitative estimate of drug-likeness (QED) is 0.159. The maximum Gasteiger partial charge on any atom is 0.0159 e. The average Bonchev–Trinajstić information content (AvgIpc) is 3.61. The van der Waals surface area contributed by atoms with Crippen LogP contribution in [0.25, 0.3) is 88.3 Å². The van der Waals surface area contributed by atoms with E-state index in [-0.39, 0.29) is 10.8 Å². The van der Waals surface area contributed by atoms with Crippen LogP contribution in [-0.2, 0) is 10.8 Å². The predicted octanol–water partition coefficient (Wildman–Crippen LogP) is 15.3. The lowest BCUT2D eigenvalue weighted by atomic mass is 9.80. The highest BCUT2D eigenvalue weighted by atomic mass is 14.4. The molecule has 0 amide bonds. The summed E-state index contributed by atoms with van der Waals surface area (Å²) in [4.78, 5) is 0. The predicted molar refractivity (Wildman–Crippen MR) is 238 cm³/mol. The number of benzene rings is 9. The van der Waals surface area contributed by atoms with E-state index in [0.29, 0.717) is 0 Å². The molecular formula is C56H42. The van der Waals surface area contributed by atoms with Gasteiger partial charge in [0.15, 0.2) is 0 Å². The Labute approximate surface area is 329 Å². The Morgan fingerprint density at radius 1 is 0.250 bits per heavy atom. The fraction of sp³-hybridized carbons (Fsp3) is 0.107. The molecule has 2 aliphatic carbocycles. The van der Waals surface area contributed by atoms with Crippen LogP contribution in [0.2, 0.25) is 0 Å². The van der Waals surface area contributed by atoms with Crippen molar-refractivity contribution in [3.8, 4) is 66.8 Å². The van der Waals surface area contributed by atoms with Crippen LogP contribution >= 0.6 is 0 Å². The summed E-state index contributed by atoms with van der Waals surface area (Å²) in [5, 5.41) is 5.07. The molecule has 9 aromatic carbocycles. The molecule has 0 aromatic heterocycles. The summed E-state index contributed by atoms with van der Waals surface area (Å²) in [5.41, 5.74) is 20.9. The zero-order chi connectivity index (χ0) is 37.8. The van der Waals surface area contributed by atoms with E-state index in [0.717, 1.165) is 0 Å². The third-order valence-electron chi connectivity index (χ3n) is 13.1. The maximum atomic E-state index is 2.47. The van der Waals surface area contributed by atoms with Gasteiger partial charge in [-0.25, -0.2) is 0 Å². The summed E-state index contributed by atoms with van der Waals surface area (Å²) < 4.78 is 0. The van der Waals surface area contributed by atoms with E-state index in [9.17, 15) is 0 Å². The molecule has 0 bridgehead atoms. The lowest BCUT2D eigenvalue weighted by molar-refractivity contribution is 0.660. The molecule has 56 heavy (non-hydrogen) atoms. The first-order valence-corrected chi connectivity index (χ1v) is 19.9.